The molecule has 3 atom stereocenters. The molecule has 1 saturated heterocycles. The lowest BCUT2D eigenvalue weighted by molar-refractivity contribution is -0.113. The van der Waals surface area contributed by atoms with Crippen molar-refractivity contribution in [1.82, 2.24) is 9.80 Å². The molecule has 132 valence electrons. The zero-order valence-corrected chi connectivity index (χ0v) is 14.7. The molecule has 1 fully saturated rings. The predicted molar refractivity (Wildman–Crippen MR) is 85.5 cm³/mol. The normalized spacial score (nSPS) is 26.1. The minimum atomic E-state index is -1.12. The molecule has 7 nitrogen and oxygen atoms in total. The van der Waals surface area contributed by atoms with Gasteiger partial charge in [0, 0.05) is 13.0 Å². The number of amides is 2. The molecule has 0 aromatic rings. The maximum atomic E-state index is 12.0. The van der Waals surface area contributed by atoms with E-state index in [1.807, 2.05) is 41.5 Å². The predicted octanol–water partition coefficient (Wildman–Crippen LogP) is 2.75. The topological polar surface area (TPSA) is 98.2 Å². The van der Waals surface area contributed by atoms with Crippen LogP contribution >= 0.6 is 0 Å². The fourth-order valence-corrected chi connectivity index (χ4v) is 3.47. The average Bonchev–Trinajstić information content (AvgIpc) is 2.34. The summed E-state index contributed by atoms with van der Waals surface area (Å²) in [7, 11) is 0. The first kappa shape index (κ1) is 19.3. The van der Waals surface area contributed by atoms with Crippen molar-refractivity contribution >= 4 is 18.5 Å². The van der Waals surface area contributed by atoms with E-state index in [0.29, 0.717) is 6.29 Å². The first-order valence-corrected chi connectivity index (χ1v) is 7.76. The van der Waals surface area contributed by atoms with Crippen LogP contribution in [0.25, 0.3) is 0 Å². The zero-order valence-electron chi connectivity index (χ0n) is 14.7. The lowest BCUT2D eigenvalue weighted by Gasteiger charge is -2.56. The molecular formula is C16H28N2O5. The molecule has 0 bridgehead atoms. The van der Waals surface area contributed by atoms with Gasteiger partial charge < -0.3 is 19.9 Å². The molecule has 1 rings (SSSR count). The highest BCUT2D eigenvalue weighted by atomic mass is 16.4. The second kappa shape index (κ2) is 6.37. The molecule has 0 aliphatic carbocycles. The van der Waals surface area contributed by atoms with Gasteiger partial charge in [-0.05, 0) is 10.8 Å². The smallest absolute Gasteiger partial charge is 0.407 e. The van der Waals surface area contributed by atoms with Crippen LogP contribution in [0.4, 0.5) is 9.59 Å². The molecule has 23 heavy (non-hydrogen) atoms. The van der Waals surface area contributed by atoms with Gasteiger partial charge in [-0.1, -0.05) is 41.5 Å². The molecule has 2 amide bonds. The number of carboxylic acid groups (broad SMARTS) is 2. The van der Waals surface area contributed by atoms with Crippen LogP contribution in [0.1, 0.15) is 48.0 Å². The van der Waals surface area contributed by atoms with E-state index in [1.165, 1.54) is 9.80 Å². The Balaban J connectivity index is 3.50. The summed E-state index contributed by atoms with van der Waals surface area (Å²) in [6.45, 7) is 11.4. The van der Waals surface area contributed by atoms with Crippen molar-refractivity contribution in [2.75, 3.05) is 6.54 Å². The van der Waals surface area contributed by atoms with E-state index in [2.05, 4.69) is 0 Å². The third-order valence-electron chi connectivity index (χ3n) is 4.46. The van der Waals surface area contributed by atoms with Crippen molar-refractivity contribution in [3.8, 4) is 0 Å². The number of hydrogen-bond donors (Lipinski definition) is 2. The number of nitrogens with zero attached hydrogens (tertiary/aromatic N) is 2. The van der Waals surface area contributed by atoms with Gasteiger partial charge in [0.15, 0.2) is 0 Å². The van der Waals surface area contributed by atoms with Crippen molar-refractivity contribution in [3.63, 3.8) is 0 Å². The summed E-state index contributed by atoms with van der Waals surface area (Å²) in [5, 5.41) is 19.4. The van der Waals surface area contributed by atoms with E-state index < -0.39 is 41.1 Å². The molecule has 1 heterocycles. The van der Waals surface area contributed by atoms with Crippen molar-refractivity contribution in [2.45, 2.75) is 66.1 Å². The van der Waals surface area contributed by atoms with Gasteiger partial charge in [0.05, 0.1) is 18.1 Å². The van der Waals surface area contributed by atoms with Crippen LogP contribution in [-0.2, 0) is 4.79 Å². The summed E-state index contributed by atoms with van der Waals surface area (Å²) >= 11 is 0. The molecule has 7 heteroatoms. The summed E-state index contributed by atoms with van der Waals surface area (Å²) in [4.78, 5) is 37.4. The third kappa shape index (κ3) is 3.95. The van der Waals surface area contributed by atoms with Gasteiger partial charge in [-0.25, -0.2) is 9.59 Å². The SMILES string of the molecule is CC(C)(C)C1CN(C(=O)O)C(CC=O)C(C(C)(C)C)N1C(=O)O. The molecule has 1 aliphatic heterocycles. The highest BCUT2D eigenvalue weighted by molar-refractivity contribution is 5.70. The van der Waals surface area contributed by atoms with Gasteiger partial charge in [0.25, 0.3) is 0 Å². The summed E-state index contributed by atoms with van der Waals surface area (Å²) in [6, 6.07) is -1.76. The summed E-state index contributed by atoms with van der Waals surface area (Å²) < 4.78 is 0. The van der Waals surface area contributed by atoms with Crippen molar-refractivity contribution in [3.05, 3.63) is 0 Å². The molecular weight excluding hydrogens is 300 g/mol. The van der Waals surface area contributed by atoms with Crippen LogP contribution in [-0.4, -0.2) is 63.2 Å². The number of piperazine rings is 1. The van der Waals surface area contributed by atoms with Gasteiger partial charge in [-0.15, -0.1) is 0 Å². The minimum Gasteiger partial charge on any atom is -0.465 e. The highest BCUT2D eigenvalue weighted by Gasteiger charge is 2.52. The van der Waals surface area contributed by atoms with Crippen LogP contribution in [0, 0.1) is 10.8 Å². The monoisotopic (exact) mass is 328 g/mol. The standard InChI is InChI=1S/C16H28N2O5/c1-15(2,3)11-9-17(13(20)21)10(7-8-19)12(16(4,5)6)18(11)14(22)23/h8,10-12H,7,9H2,1-6H3,(H,20,21)(H,22,23). The van der Waals surface area contributed by atoms with Crippen LogP contribution in [0.5, 0.6) is 0 Å². The maximum Gasteiger partial charge on any atom is 0.407 e. The zero-order chi connectivity index (χ0) is 18.2. The van der Waals surface area contributed by atoms with Gasteiger partial charge in [-0.3, -0.25) is 4.90 Å². The maximum absolute atomic E-state index is 12.0. The van der Waals surface area contributed by atoms with Crippen molar-refractivity contribution in [1.29, 1.82) is 0 Å². The quantitative estimate of drug-likeness (QED) is 0.760. The van der Waals surface area contributed by atoms with Gasteiger partial charge in [-0.2, -0.15) is 0 Å². The fraction of sp³-hybridized carbons (Fsp3) is 0.812. The summed E-state index contributed by atoms with van der Waals surface area (Å²) in [5.74, 6) is 0. The molecule has 0 aromatic carbocycles. The van der Waals surface area contributed by atoms with Crippen LogP contribution in [0.2, 0.25) is 0 Å². The van der Waals surface area contributed by atoms with E-state index >= 15 is 0 Å². The third-order valence-corrected chi connectivity index (χ3v) is 4.46. The number of carbonyl (C=O) groups excluding carboxylic acids is 1. The Hall–Kier alpha value is -1.79. The van der Waals surface area contributed by atoms with Gasteiger partial charge in [0.2, 0.25) is 0 Å². The Labute approximate surface area is 137 Å². The van der Waals surface area contributed by atoms with E-state index in [1.54, 1.807) is 0 Å². The number of hydrogen-bond acceptors (Lipinski definition) is 3. The lowest BCUT2D eigenvalue weighted by atomic mass is 9.73. The molecule has 3 unspecified atom stereocenters. The largest absolute Gasteiger partial charge is 0.465 e. The Morgan fingerprint density at radius 3 is 1.87 bits per heavy atom. The van der Waals surface area contributed by atoms with Crippen molar-refractivity contribution < 1.29 is 24.6 Å². The Bertz CT molecular complexity index is 478. The van der Waals surface area contributed by atoms with E-state index in [0.717, 1.165) is 0 Å². The first-order valence-electron chi connectivity index (χ1n) is 7.76. The van der Waals surface area contributed by atoms with Gasteiger partial charge in [0.1, 0.15) is 6.29 Å². The van der Waals surface area contributed by atoms with Crippen LogP contribution in [0.3, 0.4) is 0 Å². The molecule has 1 aliphatic rings. The van der Waals surface area contributed by atoms with Gasteiger partial charge >= 0.3 is 12.2 Å². The van der Waals surface area contributed by atoms with Crippen LogP contribution in [0.15, 0.2) is 0 Å². The minimum absolute atomic E-state index is 0.0190. The molecule has 2 N–H and O–H groups in total. The number of aldehydes is 1. The Morgan fingerprint density at radius 2 is 1.57 bits per heavy atom. The van der Waals surface area contributed by atoms with E-state index in [4.69, 9.17) is 0 Å². The number of carbonyl (C=O) groups is 3. The molecule has 0 radical (unpaired) electrons. The molecule has 0 saturated carbocycles. The first-order chi connectivity index (χ1) is 10.3. The Kier molecular flexibility index (Phi) is 5.34. The summed E-state index contributed by atoms with van der Waals surface area (Å²) in [6.07, 6.45) is -1.55. The average molecular weight is 328 g/mol. The van der Waals surface area contributed by atoms with E-state index in [-0.39, 0.29) is 13.0 Å². The highest BCUT2D eigenvalue weighted by Crippen LogP contribution is 2.40. The Morgan fingerprint density at radius 1 is 1.04 bits per heavy atom. The van der Waals surface area contributed by atoms with Crippen LogP contribution < -0.4 is 0 Å². The molecule has 0 spiro atoms. The van der Waals surface area contributed by atoms with E-state index in [9.17, 15) is 24.6 Å². The number of rotatable bonds is 2. The fourth-order valence-electron chi connectivity index (χ4n) is 3.47. The second-order valence-electron chi connectivity index (χ2n) is 8.29. The summed E-state index contributed by atoms with van der Waals surface area (Å²) in [5.41, 5.74) is -0.939. The van der Waals surface area contributed by atoms with Crippen molar-refractivity contribution in [2.24, 2.45) is 10.8 Å². The lowest BCUT2D eigenvalue weighted by Crippen LogP contribution is -2.71. The molecule has 0 aromatic heterocycles. The second-order valence-corrected chi connectivity index (χ2v) is 8.29.